The van der Waals surface area contributed by atoms with Crippen molar-refractivity contribution in [2.75, 3.05) is 32.0 Å². The van der Waals surface area contributed by atoms with Gasteiger partial charge in [-0.15, -0.1) is 11.3 Å². The zero-order valence-corrected chi connectivity index (χ0v) is 19.8. The first kappa shape index (κ1) is 29.7. The van der Waals surface area contributed by atoms with Crippen molar-refractivity contribution in [2.45, 2.75) is 31.3 Å². The Morgan fingerprint density at radius 3 is 2.50 bits per heavy atom. The van der Waals surface area contributed by atoms with Gasteiger partial charge < -0.3 is 31.3 Å². The van der Waals surface area contributed by atoms with E-state index >= 15 is 0 Å². The van der Waals surface area contributed by atoms with E-state index in [1.54, 1.807) is 4.90 Å². The number of aromatic nitrogens is 1. The van der Waals surface area contributed by atoms with Gasteiger partial charge in [0.2, 0.25) is 0 Å². The molecular formula is C17H24N7NaO9S2. The summed E-state index contributed by atoms with van der Waals surface area (Å²) in [6, 6.07) is -3.00. The first-order chi connectivity index (χ1) is 16.5. The maximum absolute atomic E-state index is 12.9. The Hall–Kier alpha value is -2.51. The number of ether oxygens (including phenoxy) is 1. The number of nitrogens with one attached hydrogen (secondary N) is 1. The van der Waals surface area contributed by atoms with Gasteiger partial charge in [-0.1, -0.05) is 5.16 Å². The Morgan fingerprint density at radius 2 is 1.94 bits per heavy atom. The third-order valence-electron chi connectivity index (χ3n) is 5.13. The SMILES string of the molecule is NC(=O)OC[C@@H]1[C@H](NC(=O)C(=NOCC(=O)N2CCCCC2)c2csc(N)n2)C(=O)N1S(=O)(=O)O.[NaH]. The van der Waals surface area contributed by atoms with Crippen LogP contribution < -0.4 is 16.8 Å². The van der Waals surface area contributed by atoms with E-state index in [-0.39, 0.29) is 50.6 Å². The van der Waals surface area contributed by atoms with E-state index in [1.165, 1.54) is 5.38 Å². The first-order valence-electron chi connectivity index (χ1n) is 10.2. The molecule has 2 atom stereocenters. The molecule has 0 aromatic carbocycles. The van der Waals surface area contributed by atoms with Gasteiger partial charge in [-0.25, -0.2) is 14.1 Å². The fourth-order valence-corrected chi connectivity index (χ4v) is 4.90. The summed E-state index contributed by atoms with van der Waals surface area (Å²) in [6.45, 7) is -0.0114. The predicted molar refractivity (Wildman–Crippen MR) is 126 cm³/mol. The van der Waals surface area contributed by atoms with Crippen LogP contribution in [-0.4, -0.2) is 125 Å². The van der Waals surface area contributed by atoms with Gasteiger partial charge in [0.1, 0.15) is 24.4 Å². The molecule has 2 aliphatic heterocycles. The molecule has 2 fully saturated rings. The zero-order chi connectivity index (χ0) is 25.8. The third-order valence-corrected chi connectivity index (χ3v) is 6.75. The van der Waals surface area contributed by atoms with Crippen molar-refractivity contribution < 1.29 is 41.7 Å². The Kier molecular flexibility index (Phi) is 10.4. The van der Waals surface area contributed by atoms with Crippen LogP contribution in [0.5, 0.6) is 0 Å². The molecule has 0 spiro atoms. The Morgan fingerprint density at radius 1 is 1.28 bits per heavy atom. The first-order valence-corrected chi connectivity index (χ1v) is 12.5. The van der Waals surface area contributed by atoms with E-state index in [9.17, 15) is 32.1 Å². The van der Waals surface area contributed by atoms with E-state index in [2.05, 4.69) is 20.2 Å². The van der Waals surface area contributed by atoms with Gasteiger partial charge in [0.25, 0.3) is 17.7 Å². The molecule has 2 saturated heterocycles. The maximum atomic E-state index is 12.9. The summed E-state index contributed by atoms with van der Waals surface area (Å²) in [4.78, 5) is 59.0. The number of carbonyl (C=O) groups excluding carboxylic acids is 4. The van der Waals surface area contributed by atoms with Crippen molar-refractivity contribution in [3.8, 4) is 0 Å². The summed E-state index contributed by atoms with van der Waals surface area (Å²) >= 11 is 0.984. The molecular weight excluding hydrogens is 533 g/mol. The third kappa shape index (κ3) is 7.26. The molecule has 3 heterocycles. The van der Waals surface area contributed by atoms with Gasteiger partial charge in [-0.2, -0.15) is 8.42 Å². The summed E-state index contributed by atoms with van der Waals surface area (Å²) in [5.74, 6) is -2.55. The molecule has 36 heavy (non-hydrogen) atoms. The normalized spacial score (nSPS) is 20.1. The van der Waals surface area contributed by atoms with Crippen LogP contribution in [-0.2, 0) is 34.3 Å². The number of nitrogens with two attached hydrogens (primary N) is 2. The molecule has 1 aromatic rings. The minimum atomic E-state index is -5.01. The summed E-state index contributed by atoms with van der Waals surface area (Å²) < 4.78 is 36.8. The molecule has 2 aliphatic rings. The number of primary amides is 1. The van der Waals surface area contributed by atoms with E-state index in [0.29, 0.717) is 13.1 Å². The van der Waals surface area contributed by atoms with Gasteiger partial charge in [0.05, 0.1) is 0 Å². The van der Waals surface area contributed by atoms with Gasteiger partial charge in [0.15, 0.2) is 17.5 Å². The number of nitrogen functional groups attached to an aromatic ring is 1. The molecule has 1 aromatic heterocycles. The van der Waals surface area contributed by atoms with Crippen LogP contribution in [0.2, 0.25) is 0 Å². The molecule has 0 aliphatic carbocycles. The van der Waals surface area contributed by atoms with Gasteiger partial charge >= 0.3 is 46.0 Å². The fourth-order valence-electron chi connectivity index (χ4n) is 3.49. The molecule has 194 valence electrons. The molecule has 0 saturated carbocycles. The predicted octanol–water partition coefficient (Wildman–Crippen LogP) is -2.60. The standard InChI is InChI=1S/C17H23N7O9S2.Na.H/c18-16-20-9(8-34-16)12(22-33-7-11(25)23-4-2-1-3-5-23)14(26)21-13-10(6-32-17(19)28)24(15(13)27)35(29,30)31;;/h8,10,13H,1-7H2,(H2,18,20)(H2,19,28)(H,21,26)(H,29,30,31);;/t10-,13+;;/m1../s1. The van der Waals surface area contributed by atoms with E-state index in [1.807, 2.05) is 0 Å². The molecule has 0 unspecified atom stereocenters. The zero-order valence-electron chi connectivity index (χ0n) is 18.2. The van der Waals surface area contributed by atoms with Crippen molar-refractivity contribution in [2.24, 2.45) is 10.9 Å². The van der Waals surface area contributed by atoms with Crippen LogP contribution in [0.15, 0.2) is 10.5 Å². The average Bonchev–Trinajstić information content (AvgIpc) is 3.22. The summed E-state index contributed by atoms with van der Waals surface area (Å²) in [6.07, 6.45) is 1.50. The van der Waals surface area contributed by atoms with Crippen LogP contribution in [0.1, 0.15) is 25.0 Å². The van der Waals surface area contributed by atoms with Gasteiger partial charge in [-0.05, 0) is 19.3 Å². The molecule has 3 rings (SSSR count). The van der Waals surface area contributed by atoms with Gasteiger partial charge in [-0.3, -0.25) is 18.9 Å². The average molecular weight is 558 g/mol. The molecule has 6 N–H and O–H groups in total. The summed E-state index contributed by atoms with van der Waals surface area (Å²) in [5.41, 5.74) is 10.0. The van der Waals surface area contributed by atoms with Crippen molar-refractivity contribution in [1.29, 1.82) is 0 Å². The second-order valence-corrected chi connectivity index (χ2v) is 9.66. The van der Waals surface area contributed by atoms with Crippen LogP contribution in [0.4, 0.5) is 9.93 Å². The Balaban J connectivity index is 0.00000456. The molecule has 16 nitrogen and oxygen atoms in total. The number of anilines is 1. The van der Waals surface area contributed by atoms with Crippen molar-refractivity contribution in [3.05, 3.63) is 11.1 Å². The Bertz CT molecular complexity index is 1140. The van der Waals surface area contributed by atoms with Crippen molar-refractivity contribution in [3.63, 3.8) is 0 Å². The number of carbonyl (C=O) groups is 4. The molecule has 0 radical (unpaired) electrons. The van der Waals surface area contributed by atoms with Crippen LogP contribution in [0.25, 0.3) is 0 Å². The minimum absolute atomic E-state index is 0. The number of likely N-dealkylation sites (tertiary alicyclic amines) is 1. The molecule has 19 heteroatoms. The fraction of sp³-hybridized carbons (Fsp3) is 0.529. The number of piperidine rings is 1. The number of thiazole rings is 1. The van der Waals surface area contributed by atoms with Gasteiger partial charge in [0, 0.05) is 18.5 Å². The van der Waals surface area contributed by atoms with Crippen molar-refractivity contribution in [1.82, 2.24) is 19.5 Å². The van der Waals surface area contributed by atoms with Crippen LogP contribution in [0.3, 0.4) is 0 Å². The van der Waals surface area contributed by atoms with E-state index in [0.717, 1.165) is 30.6 Å². The number of hydrogen-bond donors (Lipinski definition) is 4. The van der Waals surface area contributed by atoms with Crippen molar-refractivity contribution >= 4 is 85.9 Å². The number of hydrogen-bond acceptors (Lipinski definition) is 12. The second-order valence-electron chi connectivity index (χ2n) is 7.49. The van der Waals surface area contributed by atoms with E-state index in [4.69, 9.17) is 16.3 Å². The summed E-state index contributed by atoms with van der Waals surface area (Å²) in [5, 5.41) is 7.40. The quantitative estimate of drug-likeness (QED) is 0.0807. The molecule has 4 amide bonds. The molecule has 0 bridgehead atoms. The topological polar surface area (TPSA) is 237 Å². The number of rotatable bonds is 9. The monoisotopic (exact) mass is 557 g/mol. The number of nitrogens with zero attached hydrogens (tertiary/aromatic N) is 4. The Labute approximate surface area is 231 Å². The number of oxime groups is 1. The number of amides is 4. The number of β-lactam (4-membered cyclic amide) rings is 1. The van der Waals surface area contributed by atoms with Crippen LogP contribution in [0, 0.1) is 0 Å². The summed E-state index contributed by atoms with van der Waals surface area (Å²) in [7, 11) is -5.01. The van der Waals surface area contributed by atoms with Crippen LogP contribution >= 0.6 is 11.3 Å². The second kappa shape index (κ2) is 12.6. The van der Waals surface area contributed by atoms with E-state index < -0.39 is 59.2 Å².